The largest absolute Gasteiger partial charge is 0.489 e. The smallest absolute Gasteiger partial charge is 0.138 e. The quantitative estimate of drug-likeness (QED) is 0.820. The minimum atomic E-state index is -0.154. The third-order valence-corrected chi connectivity index (χ3v) is 2.78. The summed E-state index contributed by atoms with van der Waals surface area (Å²) in [5, 5.41) is 8.63. The number of aliphatic hydroxyl groups is 1. The molecule has 0 aromatic carbocycles. The van der Waals surface area contributed by atoms with Gasteiger partial charge in [-0.05, 0) is 25.8 Å². The van der Waals surface area contributed by atoms with Crippen LogP contribution in [0.15, 0.2) is 18.5 Å². The Morgan fingerprint density at radius 1 is 1.50 bits per heavy atom. The van der Waals surface area contributed by atoms with Crippen molar-refractivity contribution in [1.82, 2.24) is 4.98 Å². The van der Waals surface area contributed by atoms with E-state index in [1.807, 2.05) is 6.07 Å². The molecular formula is C14H17NO3. The lowest BCUT2D eigenvalue weighted by atomic mass is 10.2. The SMILES string of the molecule is CC1CCC(COc2cncc(C#CCO)c2)O1. The van der Waals surface area contributed by atoms with E-state index in [0.717, 1.165) is 18.4 Å². The summed E-state index contributed by atoms with van der Waals surface area (Å²) < 4.78 is 11.3. The molecule has 2 unspecified atom stereocenters. The van der Waals surface area contributed by atoms with Gasteiger partial charge in [0.15, 0.2) is 0 Å². The number of aromatic nitrogens is 1. The van der Waals surface area contributed by atoms with Gasteiger partial charge in [0.25, 0.3) is 0 Å². The topological polar surface area (TPSA) is 51.6 Å². The minimum absolute atomic E-state index is 0.154. The van der Waals surface area contributed by atoms with Crippen LogP contribution in [0.5, 0.6) is 5.75 Å². The second-order valence-electron chi connectivity index (χ2n) is 4.33. The molecule has 0 spiro atoms. The highest BCUT2D eigenvalue weighted by Crippen LogP contribution is 2.20. The van der Waals surface area contributed by atoms with Crippen molar-refractivity contribution in [2.24, 2.45) is 0 Å². The molecule has 0 saturated carbocycles. The van der Waals surface area contributed by atoms with Crippen molar-refractivity contribution in [1.29, 1.82) is 0 Å². The number of aliphatic hydroxyl groups excluding tert-OH is 1. The molecule has 1 aliphatic rings. The second kappa shape index (κ2) is 6.39. The van der Waals surface area contributed by atoms with Crippen LogP contribution in [0.25, 0.3) is 0 Å². The summed E-state index contributed by atoms with van der Waals surface area (Å²) in [6.07, 6.45) is 5.93. The van der Waals surface area contributed by atoms with Gasteiger partial charge in [-0.3, -0.25) is 4.98 Å². The molecule has 0 radical (unpaired) electrons. The van der Waals surface area contributed by atoms with Crippen LogP contribution >= 0.6 is 0 Å². The van der Waals surface area contributed by atoms with Gasteiger partial charge in [0.05, 0.1) is 18.4 Å². The Bertz CT molecular complexity index is 450. The number of pyridine rings is 1. The van der Waals surface area contributed by atoms with Crippen molar-refractivity contribution < 1.29 is 14.6 Å². The molecular weight excluding hydrogens is 230 g/mol. The zero-order valence-corrected chi connectivity index (χ0v) is 10.4. The predicted molar refractivity (Wildman–Crippen MR) is 67.3 cm³/mol. The van der Waals surface area contributed by atoms with Crippen LogP contribution in [-0.2, 0) is 4.74 Å². The van der Waals surface area contributed by atoms with Crippen LogP contribution < -0.4 is 4.74 Å². The number of hydrogen-bond donors (Lipinski definition) is 1. The molecule has 1 aliphatic heterocycles. The van der Waals surface area contributed by atoms with Crippen molar-refractivity contribution in [2.45, 2.75) is 32.0 Å². The average molecular weight is 247 g/mol. The molecule has 2 heterocycles. The fourth-order valence-corrected chi connectivity index (χ4v) is 1.90. The van der Waals surface area contributed by atoms with E-state index in [0.29, 0.717) is 18.5 Å². The highest BCUT2D eigenvalue weighted by atomic mass is 16.5. The van der Waals surface area contributed by atoms with E-state index < -0.39 is 0 Å². The summed E-state index contributed by atoms with van der Waals surface area (Å²) in [5.41, 5.74) is 0.738. The van der Waals surface area contributed by atoms with Crippen LogP contribution in [0.2, 0.25) is 0 Å². The Labute approximate surface area is 107 Å². The molecule has 1 N–H and O–H groups in total. The van der Waals surface area contributed by atoms with E-state index in [2.05, 4.69) is 23.7 Å². The summed E-state index contributed by atoms with van der Waals surface area (Å²) in [7, 11) is 0. The molecule has 0 bridgehead atoms. The summed E-state index contributed by atoms with van der Waals surface area (Å²) in [6, 6.07) is 1.81. The molecule has 1 aromatic heterocycles. The molecule has 4 heteroatoms. The van der Waals surface area contributed by atoms with E-state index in [1.165, 1.54) is 0 Å². The summed E-state index contributed by atoms with van der Waals surface area (Å²) >= 11 is 0. The van der Waals surface area contributed by atoms with Crippen molar-refractivity contribution in [2.75, 3.05) is 13.2 Å². The summed E-state index contributed by atoms with van der Waals surface area (Å²) in [6.45, 7) is 2.47. The van der Waals surface area contributed by atoms with Gasteiger partial charge < -0.3 is 14.6 Å². The van der Waals surface area contributed by atoms with Gasteiger partial charge in [0.2, 0.25) is 0 Å². The standard InChI is InChI=1S/C14H17NO3/c1-11-4-5-13(18-11)10-17-14-7-12(3-2-6-16)8-15-9-14/h7-9,11,13,16H,4-6,10H2,1H3. The molecule has 4 nitrogen and oxygen atoms in total. The molecule has 2 atom stereocenters. The fourth-order valence-electron chi connectivity index (χ4n) is 1.90. The Hall–Kier alpha value is -1.57. The molecule has 0 amide bonds. The van der Waals surface area contributed by atoms with E-state index in [4.69, 9.17) is 14.6 Å². The van der Waals surface area contributed by atoms with Crippen molar-refractivity contribution >= 4 is 0 Å². The van der Waals surface area contributed by atoms with Crippen LogP contribution in [0, 0.1) is 11.8 Å². The van der Waals surface area contributed by atoms with Crippen molar-refractivity contribution in [3.8, 4) is 17.6 Å². The van der Waals surface area contributed by atoms with Crippen molar-refractivity contribution in [3.05, 3.63) is 24.0 Å². The monoisotopic (exact) mass is 247 g/mol. The van der Waals surface area contributed by atoms with E-state index in [9.17, 15) is 0 Å². The minimum Gasteiger partial charge on any atom is -0.489 e. The van der Waals surface area contributed by atoms with E-state index >= 15 is 0 Å². The fraction of sp³-hybridized carbons (Fsp3) is 0.500. The highest BCUT2D eigenvalue weighted by molar-refractivity contribution is 5.36. The lowest BCUT2D eigenvalue weighted by Gasteiger charge is -2.12. The van der Waals surface area contributed by atoms with Gasteiger partial charge >= 0.3 is 0 Å². The molecule has 18 heavy (non-hydrogen) atoms. The maximum absolute atomic E-state index is 8.63. The lowest BCUT2D eigenvalue weighted by molar-refractivity contribution is 0.0264. The van der Waals surface area contributed by atoms with Gasteiger partial charge in [0, 0.05) is 11.8 Å². The van der Waals surface area contributed by atoms with Gasteiger partial charge in [-0.1, -0.05) is 11.8 Å². The molecule has 2 rings (SSSR count). The zero-order valence-electron chi connectivity index (χ0n) is 10.4. The lowest BCUT2D eigenvalue weighted by Crippen LogP contribution is -2.17. The summed E-state index contributed by atoms with van der Waals surface area (Å²) in [5.74, 6) is 6.06. The first-order valence-electron chi connectivity index (χ1n) is 6.11. The maximum atomic E-state index is 8.63. The van der Waals surface area contributed by atoms with Crippen LogP contribution in [0.3, 0.4) is 0 Å². The average Bonchev–Trinajstić information content (AvgIpc) is 2.80. The Morgan fingerprint density at radius 3 is 3.11 bits per heavy atom. The second-order valence-corrected chi connectivity index (χ2v) is 4.33. The van der Waals surface area contributed by atoms with Gasteiger partial charge in [-0.2, -0.15) is 0 Å². The van der Waals surface area contributed by atoms with Gasteiger partial charge in [-0.15, -0.1) is 0 Å². The Morgan fingerprint density at radius 2 is 2.39 bits per heavy atom. The third-order valence-electron chi connectivity index (χ3n) is 2.78. The van der Waals surface area contributed by atoms with Crippen molar-refractivity contribution in [3.63, 3.8) is 0 Å². The Balaban J connectivity index is 1.89. The van der Waals surface area contributed by atoms with Crippen LogP contribution in [0.1, 0.15) is 25.3 Å². The van der Waals surface area contributed by atoms with Gasteiger partial charge in [0.1, 0.15) is 19.0 Å². The predicted octanol–water partition coefficient (Wildman–Crippen LogP) is 1.37. The molecule has 1 saturated heterocycles. The highest BCUT2D eigenvalue weighted by Gasteiger charge is 2.22. The first-order valence-corrected chi connectivity index (χ1v) is 6.11. The molecule has 1 fully saturated rings. The first kappa shape index (κ1) is 12.9. The van der Waals surface area contributed by atoms with E-state index in [1.54, 1.807) is 12.4 Å². The van der Waals surface area contributed by atoms with Crippen LogP contribution in [0.4, 0.5) is 0 Å². The zero-order chi connectivity index (χ0) is 12.8. The van der Waals surface area contributed by atoms with E-state index in [-0.39, 0.29) is 12.7 Å². The van der Waals surface area contributed by atoms with Crippen LogP contribution in [-0.4, -0.2) is 35.5 Å². The Kier molecular flexibility index (Phi) is 4.57. The maximum Gasteiger partial charge on any atom is 0.138 e. The number of hydrogen-bond acceptors (Lipinski definition) is 4. The third kappa shape index (κ3) is 3.73. The number of rotatable bonds is 3. The molecule has 0 aliphatic carbocycles. The first-order chi connectivity index (χ1) is 8.78. The van der Waals surface area contributed by atoms with Gasteiger partial charge in [-0.25, -0.2) is 0 Å². The molecule has 1 aromatic rings. The summed E-state index contributed by atoms with van der Waals surface area (Å²) in [4.78, 5) is 4.05. The normalized spacial score (nSPS) is 22.3. The number of ether oxygens (including phenoxy) is 2. The number of nitrogens with zero attached hydrogens (tertiary/aromatic N) is 1. The molecule has 96 valence electrons.